The highest BCUT2D eigenvalue weighted by molar-refractivity contribution is 7.15. The number of carboxylic acid groups (broad SMARTS) is 1. The minimum Gasteiger partial charge on any atom is -0.477 e. The van der Waals surface area contributed by atoms with Gasteiger partial charge in [-0.2, -0.15) is 0 Å². The van der Waals surface area contributed by atoms with Gasteiger partial charge < -0.3 is 10.0 Å². The van der Waals surface area contributed by atoms with Crippen molar-refractivity contribution in [1.82, 2.24) is 4.90 Å². The van der Waals surface area contributed by atoms with Crippen LogP contribution in [0.4, 0.5) is 5.69 Å². The topological polar surface area (TPSA) is 77.9 Å². The van der Waals surface area contributed by atoms with E-state index in [1.807, 2.05) is 20.8 Å². The molecule has 1 aromatic heterocycles. The quantitative estimate of drug-likeness (QED) is 0.720. The van der Waals surface area contributed by atoms with Crippen molar-refractivity contribution in [2.75, 3.05) is 11.9 Å². The summed E-state index contributed by atoms with van der Waals surface area (Å²) in [6, 6.07) is 0.891. The molecule has 1 saturated heterocycles. The molecule has 1 N–H and O–H groups in total. The second-order valence-electron chi connectivity index (χ2n) is 9.59. The normalized spacial score (nSPS) is 27.3. The SMILES string of the molecule is CC1CCC2(CC1)C(=O)N(c1cc(C#CC(C)(C)C)sc1C(=O)O)[C@@H](C)C(=O)N2C. The van der Waals surface area contributed by atoms with Gasteiger partial charge in [0.15, 0.2) is 0 Å². The number of nitrogens with zero attached hydrogens (tertiary/aromatic N) is 2. The number of amides is 2. The number of hydrogen-bond acceptors (Lipinski definition) is 4. The maximum Gasteiger partial charge on any atom is 0.348 e. The van der Waals surface area contributed by atoms with E-state index in [4.69, 9.17) is 0 Å². The Labute approximate surface area is 182 Å². The largest absolute Gasteiger partial charge is 0.477 e. The fraction of sp³-hybridized carbons (Fsp3) is 0.609. The summed E-state index contributed by atoms with van der Waals surface area (Å²) < 4.78 is 0. The first-order valence-electron chi connectivity index (χ1n) is 10.4. The molecule has 1 atom stereocenters. The number of likely N-dealkylation sites (N-methyl/N-ethyl adjacent to an activating group) is 1. The fourth-order valence-electron chi connectivity index (χ4n) is 4.28. The van der Waals surface area contributed by atoms with E-state index in [1.165, 1.54) is 4.90 Å². The molecule has 1 aromatic rings. The third-order valence-electron chi connectivity index (χ3n) is 6.16. The molecule has 1 saturated carbocycles. The lowest BCUT2D eigenvalue weighted by molar-refractivity contribution is -0.154. The van der Waals surface area contributed by atoms with Crippen molar-refractivity contribution in [3.05, 3.63) is 15.8 Å². The Morgan fingerprint density at radius 3 is 2.37 bits per heavy atom. The summed E-state index contributed by atoms with van der Waals surface area (Å²) in [5.41, 5.74) is -0.850. The molecule has 1 aliphatic heterocycles. The van der Waals surface area contributed by atoms with Crippen LogP contribution in [-0.2, 0) is 9.59 Å². The first-order chi connectivity index (χ1) is 13.9. The summed E-state index contributed by atoms with van der Waals surface area (Å²) in [6.45, 7) is 9.75. The number of rotatable bonds is 2. The summed E-state index contributed by atoms with van der Waals surface area (Å²) in [6.07, 6.45) is 2.93. The van der Waals surface area contributed by atoms with Crippen LogP contribution in [0, 0.1) is 23.2 Å². The van der Waals surface area contributed by atoms with Crippen LogP contribution < -0.4 is 4.90 Å². The number of aromatic carboxylic acids is 1. The van der Waals surface area contributed by atoms with Gasteiger partial charge in [-0.25, -0.2) is 4.79 Å². The van der Waals surface area contributed by atoms with Crippen LogP contribution in [-0.4, -0.2) is 46.4 Å². The van der Waals surface area contributed by atoms with Crippen LogP contribution >= 0.6 is 11.3 Å². The lowest BCUT2D eigenvalue weighted by Gasteiger charge is -2.52. The number of anilines is 1. The maximum atomic E-state index is 13.8. The van der Waals surface area contributed by atoms with Crippen LogP contribution in [0.5, 0.6) is 0 Å². The predicted molar refractivity (Wildman–Crippen MR) is 118 cm³/mol. The third kappa shape index (κ3) is 3.85. The molecule has 162 valence electrons. The van der Waals surface area contributed by atoms with E-state index in [9.17, 15) is 19.5 Å². The first kappa shape index (κ1) is 22.4. The summed E-state index contributed by atoms with van der Waals surface area (Å²) in [5, 5.41) is 9.79. The summed E-state index contributed by atoms with van der Waals surface area (Å²) in [4.78, 5) is 42.5. The van der Waals surface area contributed by atoms with Crippen LogP contribution in [0.25, 0.3) is 0 Å². The Balaban J connectivity index is 2.10. The predicted octanol–water partition coefficient (Wildman–Crippen LogP) is 3.99. The van der Waals surface area contributed by atoms with Crippen LogP contribution in [0.15, 0.2) is 6.07 Å². The van der Waals surface area contributed by atoms with E-state index in [0.29, 0.717) is 23.6 Å². The van der Waals surface area contributed by atoms with Gasteiger partial charge in [0.2, 0.25) is 5.91 Å². The van der Waals surface area contributed by atoms with Crippen molar-refractivity contribution in [2.24, 2.45) is 11.3 Å². The summed E-state index contributed by atoms with van der Waals surface area (Å²) in [7, 11) is 1.70. The van der Waals surface area contributed by atoms with Crippen molar-refractivity contribution in [2.45, 2.75) is 71.9 Å². The lowest BCUT2D eigenvalue weighted by atomic mass is 9.73. The number of carboxylic acids is 1. The minimum absolute atomic E-state index is 0.0464. The van der Waals surface area contributed by atoms with Crippen molar-refractivity contribution in [1.29, 1.82) is 0 Å². The molecule has 0 radical (unpaired) electrons. The van der Waals surface area contributed by atoms with Crippen molar-refractivity contribution in [3.63, 3.8) is 0 Å². The fourth-order valence-corrected chi connectivity index (χ4v) is 5.12. The molecule has 1 aliphatic carbocycles. The lowest BCUT2D eigenvalue weighted by Crippen LogP contribution is -2.71. The smallest absolute Gasteiger partial charge is 0.348 e. The van der Waals surface area contributed by atoms with Gasteiger partial charge in [0.1, 0.15) is 16.5 Å². The second-order valence-corrected chi connectivity index (χ2v) is 10.6. The monoisotopic (exact) mass is 430 g/mol. The second kappa shape index (κ2) is 7.73. The van der Waals surface area contributed by atoms with Crippen molar-refractivity contribution >= 4 is 34.8 Å². The van der Waals surface area contributed by atoms with Gasteiger partial charge in [-0.1, -0.05) is 18.8 Å². The van der Waals surface area contributed by atoms with Crippen LogP contribution in [0.2, 0.25) is 0 Å². The molecule has 7 heteroatoms. The average molecular weight is 431 g/mol. The molecule has 0 aromatic carbocycles. The van der Waals surface area contributed by atoms with E-state index in [2.05, 4.69) is 18.8 Å². The van der Waals surface area contributed by atoms with Crippen LogP contribution in [0.1, 0.15) is 74.9 Å². The third-order valence-corrected chi connectivity index (χ3v) is 7.19. The van der Waals surface area contributed by atoms with Gasteiger partial charge in [-0.3, -0.25) is 14.5 Å². The highest BCUT2D eigenvalue weighted by Gasteiger charge is 2.55. The van der Waals surface area contributed by atoms with Gasteiger partial charge >= 0.3 is 5.97 Å². The van der Waals surface area contributed by atoms with E-state index < -0.39 is 17.6 Å². The average Bonchev–Trinajstić information content (AvgIpc) is 3.09. The van der Waals surface area contributed by atoms with Gasteiger partial charge in [0.25, 0.3) is 5.91 Å². The summed E-state index contributed by atoms with van der Waals surface area (Å²) >= 11 is 1.05. The number of carbonyl (C=O) groups excluding carboxylic acids is 2. The van der Waals surface area contributed by atoms with Gasteiger partial charge in [0, 0.05) is 12.5 Å². The van der Waals surface area contributed by atoms with E-state index >= 15 is 0 Å². The Hall–Kier alpha value is -2.33. The zero-order chi connectivity index (χ0) is 22.4. The summed E-state index contributed by atoms with van der Waals surface area (Å²) in [5.74, 6) is 5.20. The number of piperazine rings is 1. The molecular weight excluding hydrogens is 400 g/mol. The molecular formula is C23H30N2O4S. The molecule has 0 bridgehead atoms. The molecule has 1 spiro atoms. The van der Waals surface area contributed by atoms with Gasteiger partial charge in [-0.05, 0) is 65.4 Å². The zero-order valence-corrected chi connectivity index (χ0v) is 19.4. The highest BCUT2D eigenvalue weighted by Crippen LogP contribution is 2.43. The zero-order valence-electron chi connectivity index (χ0n) is 18.5. The molecule has 2 aliphatic rings. The van der Waals surface area contributed by atoms with E-state index in [0.717, 1.165) is 24.2 Å². The molecule has 2 heterocycles. The van der Waals surface area contributed by atoms with Crippen molar-refractivity contribution < 1.29 is 19.5 Å². The molecule has 30 heavy (non-hydrogen) atoms. The molecule has 6 nitrogen and oxygen atoms in total. The Bertz CT molecular complexity index is 939. The van der Waals surface area contributed by atoms with Crippen molar-refractivity contribution in [3.8, 4) is 11.8 Å². The molecule has 3 rings (SSSR count). The minimum atomic E-state index is -1.11. The number of hydrogen-bond donors (Lipinski definition) is 1. The van der Waals surface area contributed by atoms with Crippen LogP contribution in [0.3, 0.4) is 0 Å². The van der Waals surface area contributed by atoms with Gasteiger partial charge in [-0.15, -0.1) is 11.3 Å². The molecule has 2 fully saturated rings. The van der Waals surface area contributed by atoms with E-state index in [1.54, 1.807) is 24.9 Å². The molecule has 2 amide bonds. The first-order valence-corrected chi connectivity index (χ1v) is 11.2. The highest BCUT2D eigenvalue weighted by atomic mass is 32.1. The molecule has 0 unspecified atom stereocenters. The number of carbonyl (C=O) groups is 3. The standard InChI is InChI=1S/C23H30N2O4S/c1-14-7-11-23(12-8-14)21(29)25(15(2)19(26)24(23)6)17-13-16(9-10-22(3,4)5)30-18(17)20(27)28/h13-15H,7-8,11-12H2,1-6H3,(H,27,28)/t14?,15-,23?/m0/s1. The number of thiophene rings is 1. The van der Waals surface area contributed by atoms with Gasteiger partial charge in [0.05, 0.1) is 10.6 Å². The Morgan fingerprint density at radius 2 is 1.83 bits per heavy atom. The van der Waals surface area contributed by atoms with E-state index in [-0.39, 0.29) is 27.8 Å². The Morgan fingerprint density at radius 1 is 1.23 bits per heavy atom. The maximum absolute atomic E-state index is 13.8. The Kier molecular flexibility index (Phi) is 5.76.